The van der Waals surface area contributed by atoms with Gasteiger partial charge in [0.2, 0.25) is 0 Å². The lowest BCUT2D eigenvalue weighted by Gasteiger charge is -2.19. The number of benzene rings is 2. The Balaban J connectivity index is 1.75. The summed E-state index contributed by atoms with van der Waals surface area (Å²) >= 11 is 0. The maximum Gasteiger partial charge on any atom is 0.412 e. The molecule has 7 nitrogen and oxygen atoms in total. The van der Waals surface area contributed by atoms with E-state index in [1.54, 1.807) is 7.11 Å². The fraction of sp³-hybridized carbons (Fsp3) is 0.263. The standard InChI is InChI=1S/C19H20FN3O4/c1-25-15-9-3-12(4-10-15)16-11-21-18(23-26-2)17(16)27-19(24)22-14-7-5-13(20)6-8-14/h3-10,16-17H,11H2,1-2H3,(H,21,23)(H,22,24)/t16-,17-/m0/s1. The molecule has 0 radical (unpaired) electrons. The van der Waals surface area contributed by atoms with Gasteiger partial charge in [-0.2, -0.15) is 0 Å². The second kappa shape index (κ2) is 8.39. The first-order valence-corrected chi connectivity index (χ1v) is 8.32. The molecule has 1 aliphatic heterocycles. The minimum Gasteiger partial charge on any atom is -0.497 e. The number of nitrogens with zero attached hydrogens (tertiary/aromatic N) is 1. The van der Waals surface area contributed by atoms with Gasteiger partial charge in [0, 0.05) is 18.2 Å². The summed E-state index contributed by atoms with van der Waals surface area (Å²) in [5.41, 5.74) is 1.39. The monoisotopic (exact) mass is 373 g/mol. The third-order valence-corrected chi connectivity index (χ3v) is 4.20. The maximum absolute atomic E-state index is 13.0. The molecule has 8 heteroatoms. The van der Waals surface area contributed by atoms with Crippen LogP contribution < -0.4 is 15.4 Å². The topological polar surface area (TPSA) is 81.2 Å². The van der Waals surface area contributed by atoms with E-state index in [-0.39, 0.29) is 11.7 Å². The van der Waals surface area contributed by atoms with Crippen LogP contribution in [0.4, 0.5) is 14.9 Å². The number of halogens is 1. The summed E-state index contributed by atoms with van der Waals surface area (Å²) in [6.07, 6.45) is -1.32. The second-order valence-electron chi connectivity index (χ2n) is 5.88. The lowest BCUT2D eigenvalue weighted by atomic mass is 9.95. The number of carbonyl (C=O) groups excluding carboxylic acids is 1. The van der Waals surface area contributed by atoms with E-state index >= 15 is 0 Å². The molecule has 0 spiro atoms. The van der Waals surface area contributed by atoms with Crippen molar-refractivity contribution in [3.05, 3.63) is 59.9 Å². The molecule has 0 aromatic heterocycles. The maximum atomic E-state index is 13.0. The Morgan fingerprint density at radius 2 is 1.85 bits per heavy atom. The molecule has 0 bridgehead atoms. The third-order valence-electron chi connectivity index (χ3n) is 4.20. The van der Waals surface area contributed by atoms with Gasteiger partial charge in [-0.15, -0.1) is 0 Å². The molecule has 142 valence electrons. The summed E-state index contributed by atoms with van der Waals surface area (Å²) < 4.78 is 23.8. The average Bonchev–Trinajstić information content (AvgIpc) is 3.06. The van der Waals surface area contributed by atoms with Crippen LogP contribution in [0.3, 0.4) is 0 Å². The highest BCUT2D eigenvalue weighted by Crippen LogP contribution is 2.28. The molecule has 3 rings (SSSR count). The number of carbonyl (C=O) groups is 1. The van der Waals surface area contributed by atoms with E-state index in [1.165, 1.54) is 31.4 Å². The number of amides is 1. The predicted octanol–water partition coefficient (Wildman–Crippen LogP) is 3.10. The molecule has 0 unspecified atom stereocenters. The normalized spacial score (nSPS) is 20.0. The van der Waals surface area contributed by atoms with E-state index in [0.717, 1.165) is 11.3 Å². The molecule has 2 N–H and O–H groups in total. The molecule has 1 fully saturated rings. The van der Waals surface area contributed by atoms with Gasteiger partial charge >= 0.3 is 6.09 Å². The summed E-state index contributed by atoms with van der Waals surface area (Å²) in [5.74, 6) is 0.626. The number of amidine groups is 1. The summed E-state index contributed by atoms with van der Waals surface area (Å²) in [4.78, 5) is 17.2. The summed E-state index contributed by atoms with van der Waals surface area (Å²) in [7, 11) is 3.02. The Bertz CT molecular complexity index is 809. The lowest BCUT2D eigenvalue weighted by Crippen LogP contribution is -2.32. The number of hydrogen-bond acceptors (Lipinski definition) is 5. The van der Waals surface area contributed by atoms with E-state index < -0.39 is 12.2 Å². The van der Waals surface area contributed by atoms with Gasteiger partial charge in [0.05, 0.1) is 7.11 Å². The third kappa shape index (κ3) is 4.46. The zero-order valence-corrected chi connectivity index (χ0v) is 14.9. The van der Waals surface area contributed by atoms with Crippen molar-refractivity contribution in [1.29, 1.82) is 0 Å². The zero-order chi connectivity index (χ0) is 19.2. The van der Waals surface area contributed by atoms with Crippen molar-refractivity contribution in [3.63, 3.8) is 0 Å². The van der Waals surface area contributed by atoms with E-state index in [0.29, 0.717) is 18.1 Å². The highest BCUT2D eigenvalue weighted by atomic mass is 19.1. The van der Waals surface area contributed by atoms with E-state index in [1.807, 2.05) is 24.3 Å². The van der Waals surface area contributed by atoms with Crippen LogP contribution in [0.1, 0.15) is 11.5 Å². The lowest BCUT2D eigenvalue weighted by molar-refractivity contribution is 0.131. The first-order valence-electron chi connectivity index (χ1n) is 8.32. The first-order chi connectivity index (χ1) is 13.1. The molecular weight excluding hydrogens is 353 g/mol. The van der Waals surface area contributed by atoms with Crippen molar-refractivity contribution in [2.75, 3.05) is 26.1 Å². The molecule has 1 heterocycles. The molecule has 1 amide bonds. The van der Waals surface area contributed by atoms with E-state index in [4.69, 9.17) is 14.3 Å². The first kappa shape index (κ1) is 18.5. The van der Waals surface area contributed by atoms with Crippen molar-refractivity contribution in [1.82, 2.24) is 5.32 Å². The number of hydrogen-bond donors (Lipinski definition) is 2. The van der Waals surface area contributed by atoms with Gasteiger partial charge in [-0.1, -0.05) is 17.3 Å². The van der Waals surface area contributed by atoms with E-state index in [2.05, 4.69) is 15.8 Å². The summed E-state index contributed by atoms with van der Waals surface area (Å²) in [6, 6.07) is 12.9. The molecule has 1 saturated heterocycles. The Labute approximate surface area is 156 Å². The van der Waals surface area contributed by atoms with E-state index in [9.17, 15) is 9.18 Å². The highest BCUT2D eigenvalue weighted by Gasteiger charge is 2.38. The Morgan fingerprint density at radius 3 is 2.48 bits per heavy atom. The van der Waals surface area contributed by atoms with Crippen LogP contribution >= 0.6 is 0 Å². The minimum atomic E-state index is -0.669. The Hall–Kier alpha value is -3.29. The minimum absolute atomic E-state index is 0.149. The van der Waals surface area contributed by atoms with Crippen molar-refractivity contribution in [2.45, 2.75) is 12.0 Å². The van der Waals surface area contributed by atoms with Crippen LogP contribution in [0.2, 0.25) is 0 Å². The fourth-order valence-corrected chi connectivity index (χ4v) is 2.87. The molecule has 2 aromatic carbocycles. The zero-order valence-electron chi connectivity index (χ0n) is 14.9. The predicted molar refractivity (Wildman–Crippen MR) is 98.5 cm³/mol. The van der Waals surface area contributed by atoms with Crippen LogP contribution in [-0.4, -0.2) is 38.8 Å². The van der Waals surface area contributed by atoms with Crippen LogP contribution in [0.5, 0.6) is 5.75 Å². The Kier molecular flexibility index (Phi) is 5.75. The van der Waals surface area contributed by atoms with Crippen LogP contribution in [0, 0.1) is 5.82 Å². The van der Waals surface area contributed by atoms with Crippen LogP contribution in [-0.2, 0) is 9.57 Å². The van der Waals surface area contributed by atoms with Gasteiger partial charge in [-0.05, 0) is 42.0 Å². The molecular formula is C19H20FN3O4. The molecule has 27 heavy (non-hydrogen) atoms. The quantitative estimate of drug-likeness (QED) is 0.787. The van der Waals surface area contributed by atoms with Crippen molar-refractivity contribution >= 4 is 17.6 Å². The number of oxime groups is 1. The highest BCUT2D eigenvalue weighted by molar-refractivity contribution is 5.93. The Morgan fingerprint density at radius 1 is 1.15 bits per heavy atom. The van der Waals surface area contributed by atoms with Crippen LogP contribution in [0.25, 0.3) is 0 Å². The number of methoxy groups -OCH3 is 1. The van der Waals surface area contributed by atoms with Gasteiger partial charge < -0.3 is 19.6 Å². The summed E-state index contributed by atoms with van der Waals surface area (Å²) in [5, 5.41) is 9.59. The number of ether oxygens (including phenoxy) is 2. The number of nitrogens with one attached hydrogen (secondary N) is 2. The average molecular weight is 373 g/mol. The van der Waals surface area contributed by atoms with Crippen molar-refractivity contribution in [3.8, 4) is 5.75 Å². The van der Waals surface area contributed by atoms with Gasteiger partial charge in [0.25, 0.3) is 0 Å². The van der Waals surface area contributed by atoms with Gasteiger partial charge in [0.1, 0.15) is 18.7 Å². The SMILES string of the molecule is CO/N=C1\NC[C@@H](c2ccc(OC)cc2)[C@@H]1OC(=O)Nc1ccc(F)cc1. The van der Waals surface area contributed by atoms with Crippen molar-refractivity contribution in [2.24, 2.45) is 5.16 Å². The molecule has 1 aliphatic rings. The number of rotatable bonds is 5. The van der Waals surface area contributed by atoms with Gasteiger partial charge in [0.15, 0.2) is 11.9 Å². The molecule has 2 aromatic rings. The van der Waals surface area contributed by atoms with Gasteiger partial charge in [-0.25, -0.2) is 9.18 Å². The molecule has 2 atom stereocenters. The largest absolute Gasteiger partial charge is 0.497 e. The molecule has 0 aliphatic carbocycles. The smallest absolute Gasteiger partial charge is 0.412 e. The van der Waals surface area contributed by atoms with Crippen LogP contribution in [0.15, 0.2) is 53.7 Å². The van der Waals surface area contributed by atoms with Crippen molar-refractivity contribution < 1.29 is 23.5 Å². The number of anilines is 1. The second-order valence-corrected chi connectivity index (χ2v) is 5.88. The fourth-order valence-electron chi connectivity index (χ4n) is 2.87. The van der Waals surface area contributed by atoms with Gasteiger partial charge in [-0.3, -0.25) is 5.32 Å². The summed E-state index contributed by atoms with van der Waals surface area (Å²) in [6.45, 7) is 0.531. The molecule has 0 saturated carbocycles.